The monoisotopic (exact) mass is 260 g/mol. The SMILES string of the molecule is Cc1ccc(O)c(-c2ccccc2-c2ccccc2)c1. The first kappa shape index (κ1) is 12.5. The van der Waals surface area contributed by atoms with E-state index in [2.05, 4.69) is 24.3 Å². The van der Waals surface area contributed by atoms with Crippen molar-refractivity contribution in [3.8, 4) is 28.0 Å². The maximum atomic E-state index is 10.2. The van der Waals surface area contributed by atoms with Crippen molar-refractivity contribution in [3.05, 3.63) is 78.4 Å². The summed E-state index contributed by atoms with van der Waals surface area (Å²) in [5.74, 6) is 0.319. The van der Waals surface area contributed by atoms with Gasteiger partial charge in [0.05, 0.1) is 0 Å². The topological polar surface area (TPSA) is 20.2 Å². The Morgan fingerprint density at radius 2 is 1.30 bits per heavy atom. The highest BCUT2D eigenvalue weighted by Crippen LogP contribution is 2.36. The number of phenols is 1. The highest BCUT2D eigenvalue weighted by molar-refractivity contribution is 5.86. The van der Waals surface area contributed by atoms with Crippen LogP contribution in [0.1, 0.15) is 5.56 Å². The molecule has 0 spiro atoms. The summed E-state index contributed by atoms with van der Waals surface area (Å²) < 4.78 is 0. The van der Waals surface area contributed by atoms with Crippen LogP contribution in [0.5, 0.6) is 5.75 Å². The molecule has 20 heavy (non-hydrogen) atoms. The van der Waals surface area contributed by atoms with Gasteiger partial charge in [-0.1, -0.05) is 66.2 Å². The van der Waals surface area contributed by atoms with E-state index >= 15 is 0 Å². The summed E-state index contributed by atoms with van der Waals surface area (Å²) in [6.45, 7) is 2.04. The molecule has 0 fully saturated rings. The molecule has 0 saturated carbocycles. The standard InChI is InChI=1S/C19H16O/c1-14-11-12-19(20)18(13-14)17-10-6-5-9-16(17)15-7-3-2-4-8-15/h2-13,20H,1H3. The van der Waals surface area contributed by atoms with Crippen molar-refractivity contribution in [1.29, 1.82) is 0 Å². The summed E-state index contributed by atoms with van der Waals surface area (Å²) in [7, 11) is 0. The molecule has 0 aromatic heterocycles. The van der Waals surface area contributed by atoms with E-state index < -0.39 is 0 Å². The minimum Gasteiger partial charge on any atom is -0.507 e. The van der Waals surface area contributed by atoms with Crippen LogP contribution in [-0.2, 0) is 0 Å². The summed E-state index contributed by atoms with van der Waals surface area (Å²) in [5, 5.41) is 10.2. The first-order valence-corrected chi connectivity index (χ1v) is 6.70. The molecular weight excluding hydrogens is 244 g/mol. The summed E-state index contributed by atoms with van der Waals surface area (Å²) in [6.07, 6.45) is 0. The van der Waals surface area contributed by atoms with E-state index in [-0.39, 0.29) is 0 Å². The number of hydrogen-bond donors (Lipinski definition) is 1. The van der Waals surface area contributed by atoms with Crippen LogP contribution in [0, 0.1) is 6.92 Å². The summed E-state index contributed by atoms with van der Waals surface area (Å²) in [6, 6.07) is 24.1. The second-order valence-electron chi connectivity index (χ2n) is 4.93. The average molecular weight is 260 g/mol. The van der Waals surface area contributed by atoms with Gasteiger partial charge in [-0.05, 0) is 35.7 Å². The number of aryl methyl sites for hydroxylation is 1. The van der Waals surface area contributed by atoms with E-state index in [1.807, 2.05) is 49.4 Å². The van der Waals surface area contributed by atoms with Gasteiger partial charge >= 0.3 is 0 Å². The van der Waals surface area contributed by atoms with Gasteiger partial charge in [-0.3, -0.25) is 0 Å². The molecule has 1 nitrogen and oxygen atoms in total. The van der Waals surface area contributed by atoms with E-state index in [4.69, 9.17) is 0 Å². The van der Waals surface area contributed by atoms with Crippen LogP contribution in [-0.4, -0.2) is 5.11 Å². The smallest absolute Gasteiger partial charge is 0.123 e. The molecule has 0 saturated heterocycles. The van der Waals surface area contributed by atoms with Crippen LogP contribution in [0.15, 0.2) is 72.8 Å². The highest BCUT2D eigenvalue weighted by atomic mass is 16.3. The Balaban J connectivity index is 2.23. The molecule has 98 valence electrons. The Kier molecular flexibility index (Phi) is 3.26. The Labute approximate surface area is 119 Å². The van der Waals surface area contributed by atoms with Gasteiger partial charge in [0, 0.05) is 5.56 Å². The maximum absolute atomic E-state index is 10.2. The van der Waals surface area contributed by atoms with Crippen LogP contribution < -0.4 is 0 Å². The fourth-order valence-electron chi connectivity index (χ4n) is 2.45. The predicted molar refractivity (Wildman–Crippen MR) is 83.7 cm³/mol. The van der Waals surface area contributed by atoms with Crippen LogP contribution in [0.25, 0.3) is 22.3 Å². The Morgan fingerprint density at radius 3 is 2.05 bits per heavy atom. The molecule has 0 unspecified atom stereocenters. The molecule has 3 aromatic carbocycles. The molecule has 0 amide bonds. The van der Waals surface area contributed by atoms with Crippen molar-refractivity contribution < 1.29 is 5.11 Å². The third-order valence-corrected chi connectivity index (χ3v) is 3.45. The minimum absolute atomic E-state index is 0.319. The van der Waals surface area contributed by atoms with Gasteiger partial charge in [0.2, 0.25) is 0 Å². The van der Waals surface area contributed by atoms with Gasteiger partial charge in [-0.25, -0.2) is 0 Å². The predicted octanol–water partition coefficient (Wildman–Crippen LogP) is 5.03. The number of benzene rings is 3. The molecule has 0 bridgehead atoms. The molecule has 3 aromatic rings. The summed E-state index contributed by atoms with van der Waals surface area (Å²) in [4.78, 5) is 0. The van der Waals surface area contributed by atoms with Crippen LogP contribution in [0.4, 0.5) is 0 Å². The normalized spacial score (nSPS) is 10.4. The van der Waals surface area contributed by atoms with Crippen molar-refractivity contribution in [1.82, 2.24) is 0 Å². The van der Waals surface area contributed by atoms with E-state index in [0.717, 1.165) is 27.8 Å². The molecule has 0 heterocycles. The molecule has 1 N–H and O–H groups in total. The Morgan fingerprint density at radius 1 is 0.650 bits per heavy atom. The fraction of sp³-hybridized carbons (Fsp3) is 0.0526. The van der Waals surface area contributed by atoms with Crippen LogP contribution in [0.2, 0.25) is 0 Å². The zero-order valence-corrected chi connectivity index (χ0v) is 11.4. The van der Waals surface area contributed by atoms with Crippen LogP contribution >= 0.6 is 0 Å². The molecule has 0 radical (unpaired) electrons. The molecule has 0 aliphatic rings. The Bertz CT molecular complexity index is 730. The van der Waals surface area contributed by atoms with Crippen molar-refractivity contribution in [2.24, 2.45) is 0 Å². The van der Waals surface area contributed by atoms with Gasteiger partial charge in [0.1, 0.15) is 5.75 Å². The molecule has 0 aliphatic heterocycles. The molecule has 0 aliphatic carbocycles. The quantitative estimate of drug-likeness (QED) is 0.684. The summed E-state index contributed by atoms with van der Waals surface area (Å²) >= 11 is 0. The van der Waals surface area contributed by atoms with Crippen molar-refractivity contribution >= 4 is 0 Å². The minimum atomic E-state index is 0.319. The van der Waals surface area contributed by atoms with Crippen molar-refractivity contribution in [2.45, 2.75) is 6.92 Å². The van der Waals surface area contributed by atoms with Gasteiger partial charge in [-0.15, -0.1) is 0 Å². The third-order valence-electron chi connectivity index (χ3n) is 3.45. The maximum Gasteiger partial charge on any atom is 0.123 e. The fourth-order valence-corrected chi connectivity index (χ4v) is 2.45. The number of phenolic OH excluding ortho intramolecular Hbond substituents is 1. The highest BCUT2D eigenvalue weighted by Gasteiger charge is 2.10. The van der Waals surface area contributed by atoms with Gasteiger partial charge < -0.3 is 5.11 Å². The zero-order valence-electron chi connectivity index (χ0n) is 11.4. The average Bonchev–Trinajstić information content (AvgIpc) is 2.51. The van der Waals surface area contributed by atoms with Crippen LogP contribution in [0.3, 0.4) is 0 Å². The van der Waals surface area contributed by atoms with E-state index in [1.165, 1.54) is 0 Å². The van der Waals surface area contributed by atoms with Gasteiger partial charge in [0.15, 0.2) is 0 Å². The molecule has 3 rings (SSSR count). The van der Waals surface area contributed by atoms with E-state index in [9.17, 15) is 5.11 Å². The van der Waals surface area contributed by atoms with Crippen molar-refractivity contribution in [2.75, 3.05) is 0 Å². The first-order valence-electron chi connectivity index (χ1n) is 6.70. The lowest BCUT2D eigenvalue weighted by Crippen LogP contribution is -1.86. The number of hydrogen-bond acceptors (Lipinski definition) is 1. The first-order chi connectivity index (χ1) is 9.75. The molecule has 1 heteroatoms. The second kappa shape index (κ2) is 5.22. The Hall–Kier alpha value is -2.54. The second-order valence-corrected chi connectivity index (χ2v) is 4.93. The van der Waals surface area contributed by atoms with Gasteiger partial charge in [-0.2, -0.15) is 0 Å². The lowest BCUT2D eigenvalue weighted by molar-refractivity contribution is 0.477. The van der Waals surface area contributed by atoms with Gasteiger partial charge in [0.25, 0.3) is 0 Å². The number of aromatic hydroxyl groups is 1. The number of rotatable bonds is 2. The third kappa shape index (κ3) is 2.30. The summed E-state index contributed by atoms with van der Waals surface area (Å²) in [5.41, 5.74) is 5.36. The molecular formula is C19H16O. The molecule has 0 atom stereocenters. The van der Waals surface area contributed by atoms with Crippen molar-refractivity contribution in [3.63, 3.8) is 0 Å². The van der Waals surface area contributed by atoms with E-state index in [0.29, 0.717) is 5.75 Å². The lowest BCUT2D eigenvalue weighted by atomic mass is 9.93. The lowest BCUT2D eigenvalue weighted by Gasteiger charge is -2.12. The largest absolute Gasteiger partial charge is 0.507 e. The zero-order chi connectivity index (χ0) is 13.9. The van der Waals surface area contributed by atoms with E-state index in [1.54, 1.807) is 6.07 Å².